The molecule has 170 valence electrons. The highest BCUT2D eigenvalue weighted by molar-refractivity contribution is 5.99. The van der Waals surface area contributed by atoms with Crippen molar-refractivity contribution >= 4 is 11.8 Å². The lowest BCUT2D eigenvalue weighted by atomic mass is 10.1. The molecule has 1 unspecified atom stereocenters. The van der Waals surface area contributed by atoms with Crippen molar-refractivity contribution in [3.8, 4) is 5.75 Å². The van der Waals surface area contributed by atoms with Gasteiger partial charge in [-0.3, -0.25) is 19.3 Å². The number of carbonyl (C=O) groups is 2. The van der Waals surface area contributed by atoms with E-state index in [1.165, 1.54) is 12.3 Å². The molecule has 9 heteroatoms. The highest BCUT2D eigenvalue weighted by atomic mass is 19.1. The lowest BCUT2D eigenvalue weighted by Crippen LogP contribution is -2.45. The van der Waals surface area contributed by atoms with Crippen LogP contribution in [0.15, 0.2) is 29.2 Å². The third-order valence-electron chi connectivity index (χ3n) is 6.25. The molecular formula is C23H27FN4O4. The molecule has 0 aliphatic carbocycles. The van der Waals surface area contributed by atoms with Crippen molar-refractivity contribution in [2.75, 3.05) is 26.2 Å². The summed E-state index contributed by atoms with van der Waals surface area (Å²) in [5.41, 5.74) is -0.230. The zero-order chi connectivity index (χ0) is 23.2. The van der Waals surface area contributed by atoms with Gasteiger partial charge in [0.1, 0.15) is 11.4 Å². The molecule has 1 aromatic carbocycles. The number of hydrogen-bond acceptors (Lipinski definition) is 5. The van der Waals surface area contributed by atoms with Crippen molar-refractivity contribution in [2.45, 2.75) is 39.4 Å². The van der Waals surface area contributed by atoms with Gasteiger partial charge in [0.2, 0.25) is 5.43 Å². The summed E-state index contributed by atoms with van der Waals surface area (Å²) in [5.74, 6) is -2.33. The molecule has 1 aromatic heterocycles. The minimum Gasteiger partial charge on any atom is -0.503 e. The fraction of sp³-hybridized carbons (Fsp3) is 0.435. The second-order valence-electron chi connectivity index (χ2n) is 8.75. The van der Waals surface area contributed by atoms with Gasteiger partial charge in [-0.15, -0.1) is 0 Å². The van der Waals surface area contributed by atoms with Crippen LogP contribution in [0.1, 0.15) is 51.9 Å². The second-order valence-corrected chi connectivity index (χ2v) is 8.75. The van der Waals surface area contributed by atoms with Crippen LogP contribution in [0.2, 0.25) is 0 Å². The monoisotopic (exact) mass is 442 g/mol. The number of fused-ring (bicyclic) bond motifs is 4. The number of aromatic nitrogens is 1. The number of benzene rings is 1. The van der Waals surface area contributed by atoms with E-state index >= 15 is 0 Å². The fourth-order valence-corrected chi connectivity index (χ4v) is 4.34. The highest BCUT2D eigenvalue weighted by Gasteiger charge is 2.38. The molecule has 2 bridgehead atoms. The van der Waals surface area contributed by atoms with E-state index in [1.54, 1.807) is 28.5 Å². The van der Waals surface area contributed by atoms with E-state index in [0.29, 0.717) is 26.2 Å². The first-order valence-corrected chi connectivity index (χ1v) is 10.7. The SMILES string of the molecule is Cc1ccc(CNC(=O)c2cn3c(c(O)c2=O)C(=O)N2CCN(C(C)C)CC3C2)c(F)c1. The molecule has 2 amide bonds. The lowest BCUT2D eigenvalue weighted by Gasteiger charge is -2.34. The number of halogens is 1. The number of carbonyl (C=O) groups excluding carboxylic acids is 2. The number of pyridine rings is 1. The summed E-state index contributed by atoms with van der Waals surface area (Å²) < 4.78 is 15.6. The van der Waals surface area contributed by atoms with E-state index in [-0.39, 0.29) is 35.4 Å². The van der Waals surface area contributed by atoms with Crippen LogP contribution in [0.25, 0.3) is 0 Å². The van der Waals surface area contributed by atoms with E-state index in [0.717, 1.165) is 5.56 Å². The molecule has 3 heterocycles. The zero-order valence-electron chi connectivity index (χ0n) is 18.4. The Hall–Kier alpha value is -3.20. The van der Waals surface area contributed by atoms with Crippen LogP contribution >= 0.6 is 0 Å². The van der Waals surface area contributed by atoms with Gasteiger partial charge in [0.25, 0.3) is 11.8 Å². The summed E-state index contributed by atoms with van der Waals surface area (Å²) in [5, 5.41) is 13.1. The van der Waals surface area contributed by atoms with Crippen molar-refractivity contribution in [1.82, 2.24) is 19.7 Å². The van der Waals surface area contributed by atoms with Crippen LogP contribution in [-0.4, -0.2) is 63.5 Å². The Balaban J connectivity index is 1.67. The standard InChI is InChI=1S/C23H27FN4O4/c1-13(2)26-6-7-27-11-16(10-26)28-12-17(20(29)21(30)19(28)23(27)32)22(31)25-9-15-5-4-14(3)8-18(15)24/h4-5,8,12-13,16,30H,6-7,9-11H2,1-3H3,(H,25,31). The summed E-state index contributed by atoms with van der Waals surface area (Å²) in [6.45, 7) is 8.04. The molecule has 4 rings (SSSR count). The summed E-state index contributed by atoms with van der Waals surface area (Å²) in [6, 6.07) is 4.72. The minimum atomic E-state index is -0.910. The fourth-order valence-electron chi connectivity index (χ4n) is 4.34. The van der Waals surface area contributed by atoms with E-state index in [9.17, 15) is 23.9 Å². The van der Waals surface area contributed by atoms with E-state index < -0.39 is 28.8 Å². The Morgan fingerprint density at radius 2 is 2.00 bits per heavy atom. The first kappa shape index (κ1) is 22.0. The Kier molecular flexibility index (Phi) is 5.77. The molecular weight excluding hydrogens is 415 g/mol. The molecule has 2 N–H and O–H groups in total. The summed E-state index contributed by atoms with van der Waals surface area (Å²) in [6.07, 6.45) is 1.35. The maximum atomic E-state index is 14.1. The molecule has 1 saturated heterocycles. The Bertz CT molecular complexity index is 1140. The van der Waals surface area contributed by atoms with Crippen molar-refractivity contribution in [2.24, 2.45) is 0 Å². The minimum absolute atomic E-state index is 0.0852. The topological polar surface area (TPSA) is 94.9 Å². The molecule has 8 nitrogen and oxygen atoms in total. The quantitative estimate of drug-likeness (QED) is 0.751. The number of rotatable bonds is 4. The molecule has 2 aromatic rings. The van der Waals surface area contributed by atoms with Gasteiger partial charge in [-0.25, -0.2) is 4.39 Å². The third-order valence-corrected chi connectivity index (χ3v) is 6.25. The number of nitrogens with one attached hydrogen (secondary N) is 1. The van der Waals surface area contributed by atoms with E-state index in [4.69, 9.17) is 0 Å². The first-order chi connectivity index (χ1) is 15.2. The Labute approximate surface area is 185 Å². The van der Waals surface area contributed by atoms with Gasteiger partial charge in [0.15, 0.2) is 11.4 Å². The molecule has 2 aliphatic rings. The van der Waals surface area contributed by atoms with Gasteiger partial charge in [-0.2, -0.15) is 0 Å². The van der Waals surface area contributed by atoms with Crippen molar-refractivity contribution in [1.29, 1.82) is 0 Å². The normalized spacial score (nSPS) is 18.5. The zero-order valence-corrected chi connectivity index (χ0v) is 18.4. The maximum Gasteiger partial charge on any atom is 0.274 e. The largest absolute Gasteiger partial charge is 0.503 e. The van der Waals surface area contributed by atoms with Crippen molar-refractivity contribution < 1.29 is 19.1 Å². The molecule has 1 fully saturated rings. The summed E-state index contributed by atoms with van der Waals surface area (Å²) >= 11 is 0. The second kappa shape index (κ2) is 8.38. The smallest absolute Gasteiger partial charge is 0.274 e. The van der Waals surface area contributed by atoms with Crippen LogP contribution in [0.3, 0.4) is 0 Å². The van der Waals surface area contributed by atoms with Gasteiger partial charge in [-0.05, 0) is 32.4 Å². The predicted octanol–water partition coefficient (Wildman–Crippen LogP) is 1.65. The average molecular weight is 442 g/mol. The van der Waals surface area contributed by atoms with Crippen LogP contribution in [0, 0.1) is 12.7 Å². The molecule has 2 aliphatic heterocycles. The molecule has 0 radical (unpaired) electrons. The number of hydrogen-bond donors (Lipinski definition) is 2. The molecule has 32 heavy (non-hydrogen) atoms. The molecule has 1 atom stereocenters. The predicted molar refractivity (Wildman–Crippen MR) is 116 cm³/mol. The summed E-state index contributed by atoms with van der Waals surface area (Å²) in [4.78, 5) is 42.3. The van der Waals surface area contributed by atoms with Crippen LogP contribution in [-0.2, 0) is 6.54 Å². The molecule has 0 spiro atoms. The Morgan fingerprint density at radius 3 is 2.69 bits per heavy atom. The van der Waals surface area contributed by atoms with Gasteiger partial charge in [0, 0.05) is 50.5 Å². The first-order valence-electron chi connectivity index (χ1n) is 10.7. The maximum absolute atomic E-state index is 14.1. The molecule has 0 saturated carbocycles. The number of aromatic hydroxyl groups is 1. The lowest BCUT2D eigenvalue weighted by molar-refractivity contribution is 0.0685. The van der Waals surface area contributed by atoms with E-state index in [2.05, 4.69) is 24.1 Å². The van der Waals surface area contributed by atoms with Gasteiger partial charge >= 0.3 is 0 Å². The van der Waals surface area contributed by atoms with Gasteiger partial charge in [-0.1, -0.05) is 12.1 Å². The Morgan fingerprint density at radius 1 is 1.25 bits per heavy atom. The van der Waals surface area contributed by atoms with Gasteiger partial charge in [0.05, 0.1) is 6.04 Å². The summed E-state index contributed by atoms with van der Waals surface area (Å²) in [7, 11) is 0. The van der Waals surface area contributed by atoms with Gasteiger partial charge < -0.3 is 19.9 Å². The highest BCUT2D eigenvalue weighted by Crippen LogP contribution is 2.29. The van der Waals surface area contributed by atoms with Crippen molar-refractivity contribution in [3.63, 3.8) is 0 Å². The number of aryl methyl sites for hydroxylation is 1. The average Bonchev–Trinajstić information content (AvgIpc) is 2.94. The number of nitrogens with zero attached hydrogens (tertiary/aromatic N) is 3. The number of amides is 2. The van der Waals surface area contributed by atoms with Crippen LogP contribution in [0.5, 0.6) is 5.75 Å². The van der Waals surface area contributed by atoms with Crippen LogP contribution < -0.4 is 10.7 Å². The third kappa shape index (κ3) is 3.88. The van der Waals surface area contributed by atoms with E-state index in [1.807, 2.05) is 0 Å². The van der Waals surface area contributed by atoms with Crippen LogP contribution in [0.4, 0.5) is 4.39 Å². The van der Waals surface area contributed by atoms with Crippen molar-refractivity contribution in [3.05, 3.63) is 62.8 Å².